The second-order valence-corrected chi connectivity index (χ2v) is 8.12. The van der Waals surface area contributed by atoms with Crippen LogP contribution in [0.2, 0.25) is 0 Å². The SMILES string of the molecule is CCN(CC(=O)Nc1ccc2c(c1)OCCO2)CC(=O)Nc1ccccc1C(=O)Nc1ccccc1. The number of likely N-dealkylation sites (N-methyl/N-ethyl adjacent to an activating group) is 1. The molecule has 0 aromatic heterocycles. The minimum Gasteiger partial charge on any atom is -0.486 e. The number of nitrogens with zero attached hydrogens (tertiary/aromatic N) is 1. The maximum atomic E-state index is 12.8. The van der Waals surface area contributed by atoms with Gasteiger partial charge in [-0.15, -0.1) is 0 Å². The second-order valence-electron chi connectivity index (χ2n) is 8.12. The van der Waals surface area contributed by atoms with Crippen LogP contribution in [0.15, 0.2) is 72.8 Å². The van der Waals surface area contributed by atoms with Crippen molar-refractivity contribution in [3.05, 3.63) is 78.4 Å². The first-order valence-electron chi connectivity index (χ1n) is 11.7. The van der Waals surface area contributed by atoms with Gasteiger partial charge < -0.3 is 25.4 Å². The first kappa shape index (κ1) is 24.7. The number of para-hydroxylation sites is 2. The monoisotopic (exact) mass is 488 g/mol. The van der Waals surface area contributed by atoms with Crippen molar-refractivity contribution in [2.24, 2.45) is 0 Å². The topological polar surface area (TPSA) is 109 Å². The molecular formula is C27H28N4O5. The summed E-state index contributed by atoms with van der Waals surface area (Å²) in [5.74, 6) is 0.306. The molecule has 9 nitrogen and oxygen atoms in total. The zero-order chi connectivity index (χ0) is 25.3. The van der Waals surface area contributed by atoms with Crippen LogP contribution in [-0.2, 0) is 9.59 Å². The van der Waals surface area contributed by atoms with Crippen LogP contribution >= 0.6 is 0 Å². The van der Waals surface area contributed by atoms with E-state index in [-0.39, 0.29) is 30.8 Å². The lowest BCUT2D eigenvalue weighted by Gasteiger charge is -2.21. The molecule has 36 heavy (non-hydrogen) atoms. The number of nitrogens with one attached hydrogen (secondary N) is 3. The molecule has 3 aromatic carbocycles. The van der Waals surface area contributed by atoms with Crippen molar-refractivity contribution in [2.45, 2.75) is 6.92 Å². The predicted octanol–water partition coefficient (Wildman–Crippen LogP) is 3.61. The standard InChI is InChI=1S/C27H28N4O5/c1-2-31(17-25(32)28-20-12-13-23-24(16-20)36-15-14-35-23)18-26(33)30-22-11-7-6-10-21(22)27(34)29-19-8-4-3-5-9-19/h3-13,16H,2,14-15,17-18H2,1H3,(H,28,32)(H,29,34)(H,30,33). The molecule has 0 spiro atoms. The summed E-state index contributed by atoms with van der Waals surface area (Å²) in [5, 5.41) is 8.44. The average molecular weight is 489 g/mol. The minimum atomic E-state index is -0.330. The normalized spacial score (nSPS) is 12.1. The molecule has 186 valence electrons. The lowest BCUT2D eigenvalue weighted by molar-refractivity contribution is -0.119. The predicted molar refractivity (Wildman–Crippen MR) is 138 cm³/mol. The van der Waals surface area contributed by atoms with Crippen LogP contribution in [0.5, 0.6) is 11.5 Å². The quantitative estimate of drug-likeness (QED) is 0.425. The van der Waals surface area contributed by atoms with Crippen LogP contribution < -0.4 is 25.4 Å². The maximum absolute atomic E-state index is 12.8. The highest BCUT2D eigenvalue weighted by Crippen LogP contribution is 2.32. The van der Waals surface area contributed by atoms with Gasteiger partial charge >= 0.3 is 0 Å². The molecule has 3 N–H and O–H groups in total. The first-order chi connectivity index (χ1) is 17.5. The van der Waals surface area contributed by atoms with E-state index in [1.54, 1.807) is 59.5 Å². The van der Waals surface area contributed by atoms with Gasteiger partial charge in [-0.1, -0.05) is 37.3 Å². The van der Waals surface area contributed by atoms with E-state index in [1.807, 2.05) is 25.1 Å². The van der Waals surface area contributed by atoms with Crippen LogP contribution in [-0.4, -0.2) is 55.5 Å². The van der Waals surface area contributed by atoms with Crippen LogP contribution in [0.25, 0.3) is 0 Å². The summed E-state index contributed by atoms with van der Waals surface area (Å²) in [5.41, 5.74) is 1.98. The molecular weight excluding hydrogens is 460 g/mol. The largest absolute Gasteiger partial charge is 0.486 e. The number of hydrogen-bond acceptors (Lipinski definition) is 6. The van der Waals surface area contributed by atoms with Crippen LogP contribution in [0.1, 0.15) is 17.3 Å². The fourth-order valence-electron chi connectivity index (χ4n) is 3.71. The molecule has 1 heterocycles. The molecule has 0 atom stereocenters. The number of anilines is 3. The number of hydrogen-bond donors (Lipinski definition) is 3. The highest BCUT2D eigenvalue weighted by Gasteiger charge is 2.18. The fourth-order valence-corrected chi connectivity index (χ4v) is 3.71. The molecule has 0 bridgehead atoms. The summed E-state index contributed by atoms with van der Waals surface area (Å²) >= 11 is 0. The van der Waals surface area contributed by atoms with Crippen molar-refractivity contribution in [1.82, 2.24) is 4.90 Å². The van der Waals surface area contributed by atoms with E-state index in [0.29, 0.717) is 53.9 Å². The second kappa shape index (κ2) is 11.9. The Kier molecular flexibility index (Phi) is 8.15. The lowest BCUT2D eigenvalue weighted by Crippen LogP contribution is -2.38. The van der Waals surface area contributed by atoms with Gasteiger partial charge in [0, 0.05) is 17.4 Å². The third-order valence-corrected chi connectivity index (χ3v) is 5.49. The average Bonchev–Trinajstić information content (AvgIpc) is 2.89. The Balaban J connectivity index is 1.33. The van der Waals surface area contributed by atoms with E-state index in [9.17, 15) is 14.4 Å². The van der Waals surface area contributed by atoms with E-state index in [4.69, 9.17) is 9.47 Å². The fraction of sp³-hybridized carbons (Fsp3) is 0.222. The van der Waals surface area contributed by atoms with Gasteiger partial charge in [0.15, 0.2) is 11.5 Å². The number of benzene rings is 3. The number of carbonyl (C=O) groups excluding carboxylic acids is 3. The molecule has 0 unspecified atom stereocenters. The van der Waals surface area contributed by atoms with Gasteiger partial charge in [-0.25, -0.2) is 0 Å². The summed E-state index contributed by atoms with van der Waals surface area (Å²) in [6, 6.07) is 21.1. The Morgan fingerprint density at radius 1 is 0.750 bits per heavy atom. The third kappa shape index (κ3) is 6.61. The van der Waals surface area contributed by atoms with Crippen molar-refractivity contribution in [1.29, 1.82) is 0 Å². The van der Waals surface area contributed by atoms with Crippen molar-refractivity contribution >= 4 is 34.8 Å². The van der Waals surface area contributed by atoms with Gasteiger partial charge in [-0.3, -0.25) is 19.3 Å². The Morgan fingerprint density at radius 3 is 2.17 bits per heavy atom. The van der Waals surface area contributed by atoms with Crippen molar-refractivity contribution in [3.63, 3.8) is 0 Å². The van der Waals surface area contributed by atoms with Crippen molar-refractivity contribution in [3.8, 4) is 11.5 Å². The number of rotatable bonds is 9. The zero-order valence-corrected chi connectivity index (χ0v) is 20.0. The van der Waals surface area contributed by atoms with E-state index >= 15 is 0 Å². The van der Waals surface area contributed by atoms with Gasteiger partial charge in [0.25, 0.3) is 5.91 Å². The van der Waals surface area contributed by atoms with Gasteiger partial charge in [-0.2, -0.15) is 0 Å². The van der Waals surface area contributed by atoms with E-state index in [0.717, 1.165) is 0 Å². The summed E-state index contributed by atoms with van der Waals surface area (Å²) in [4.78, 5) is 39.8. The van der Waals surface area contributed by atoms with Crippen molar-refractivity contribution < 1.29 is 23.9 Å². The number of fused-ring (bicyclic) bond motifs is 1. The number of ether oxygens (including phenoxy) is 2. The Morgan fingerprint density at radius 2 is 1.42 bits per heavy atom. The van der Waals surface area contributed by atoms with Crippen LogP contribution in [0.3, 0.4) is 0 Å². The molecule has 1 aliphatic rings. The Hall–Kier alpha value is -4.37. The Labute approximate surface area is 209 Å². The molecule has 3 aromatic rings. The molecule has 1 aliphatic heterocycles. The summed E-state index contributed by atoms with van der Waals surface area (Å²) in [6.07, 6.45) is 0. The zero-order valence-electron chi connectivity index (χ0n) is 20.0. The van der Waals surface area contributed by atoms with E-state index < -0.39 is 0 Å². The van der Waals surface area contributed by atoms with Crippen LogP contribution in [0.4, 0.5) is 17.1 Å². The molecule has 3 amide bonds. The molecule has 0 saturated carbocycles. The maximum Gasteiger partial charge on any atom is 0.257 e. The number of amides is 3. The molecule has 9 heteroatoms. The van der Waals surface area contributed by atoms with E-state index in [2.05, 4.69) is 16.0 Å². The van der Waals surface area contributed by atoms with Gasteiger partial charge in [-0.05, 0) is 42.9 Å². The first-order valence-corrected chi connectivity index (χ1v) is 11.7. The van der Waals surface area contributed by atoms with Gasteiger partial charge in [0.2, 0.25) is 11.8 Å². The molecule has 0 radical (unpaired) electrons. The third-order valence-electron chi connectivity index (χ3n) is 5.49. The minimum absolute atomic E-state index is 0.0142. The van der Waals surface area contributed by atoms with E-state index in [1.165, 1.54) is 0 Å². The number of carbonyl (C=O) groups is 3. The van der Waals surface area contributed by atoms with Gasteiger partial charge in [0.1, 0.15) is 13.2 Å². The van der Waals surface area contributed by atoms with Crippen LogP contribution in [0, 0.1) is 0 Å². The molecule has 4 rings (SSSR count). The summed E-state index contributed by atoms with van der Waals surface area (Å²) < 4.78 is 11.0. The molecule has 0 fully saturated rings. The molecule has 0 saturated heterocycles. The molecule has 0 aliphatic carbocycles. The lowest BCUT2D eigenvalue weighted by atomic mass is 10.1. The van der Waals surface area contributed by atoms with Gasteiger partial charge in [0.05, 0.1) is 24.3 Å². The smallest absolute Gasteiger partial charge is 0.257 e. The summed E-state index contributed by atoms with van der Waals surface area (Å²) in [7, 11) is 0. The summed E-state index contributed by atoms with van der Waals surface area (Å²) in [6.45, 7) is 3.31. The Bertz CT molecular complexity index is 1230. The van der Waals surface area contributed by atoms with Crippen molar-refractivity contribution in [2.75, 3.05) is 48.8 Å². The highest BCUT2D eigenvalue weighted by molar-refractivity contribution is 6.10. The highest BCUT2D eigenvalue weighted by atomic mass is 16.6.